The maximum absolute atomic E-state index is 12.2. The molecule has 0 fully saturated rings. The summed E-state index contributed by atoms with van der Waals surface area (Å²) in [7, 11) is 3.75. The quantitative estimate of drug-likeness (QED) is 0.899. The average molecular weight is 285 g/mol. The number of anilines is 2. The van der Waals surface area contributed by atoms with E-state index in [2.05, 4.69) is 10.3 Å². The van der Waals surface area contributed by atoms with Crippen LogP contribution >= 0.6 is 0 Å². The first kappa shape index (κ1) is 14.5. The zero-order chi connectivity index (χ0) is 15.4. The van der Waals surface area contributed by atoms with Gasteiger partial charge in [-0.25, -0.2) is 4.79 Å². The van der Waals surface area contributed by atoms with E-state index >= 15 is 0 Å². The van der Waals surface area contributed by atoms with Crippen molar-refractivity contribution >= 4 is 23.3 Å². The third-order valence-corrected chi connectivity index (χ3v) is 2.92. The van der Waals surface area contributed by atoms with Crippen LogP contribution in [0.2, 0.25) is 0 Å². The fourth-order valence-corrected chi connectivity index (χ4v) is 1.80. The number of hydrogen-bond acceptors (Lipinski definition) is 4. The van der Waals surface area contributed by atoms with Gasteiger partial charge in [0.25, 0.3) is 5.91 Å². The molecule has 1 amide bonds. The Hall–Kier alpha value is -2.89. The van der Waals surface area contributed by atoms with Gasteiger partial charge in [-0.3, -0.25) is 9.78 Å². The van der Waals surface area contributed by atoms with E-state index in [1.54, 1.807) is 18.2 Å². The fraction of sp³-hybridized carbons (Fsp3) is 0.133. The molecule has 0 unspecified atom stereocenters. The van der Waals surface area contributed by atoms with E-state index in [9.17, 15) is 9.59 Å². The van der Waals surface area contributed by atoms with Crippen LogP contribution in [0.5, 0.6) is 0 Å². The topological polar surface area (TPSA) is 82.5 Å². The summed E-state index contributed by atoms with van der Waals surface area (Å²) in [4.78, 5) is 29.0. The van der Waals surface area contributed by atoms with Crippen molar-refractivity contribution in [2.24, 2.45) is 0 Å². The number of benzene rings is 1. The Balaban J connectivity index is 2.26. The molecule has 2 rings (SSSR count). The molecule has 6 heteroatoms. The molecule has 0 aliphatic heterocycles. The predicted molar refractivity (Wildman–Crippen MR) is 79.9 cm³/mol. The lowest BCUT2D eigenvalue weighted by Gasteiger charge is -2.13. The smallest absolute Gasteiger partial charge is 0.337 e. The van der Waals surface area contributed by atoms with Gasteiger partial charge in [-0.05, 0) is 24.3 Å². The highest BCUT2D eigenvalue weighted by molar-refractivity contribution is 6.07. The number of pyridine rings is 1. The lowest BCUT2D eigenvalue weighted by molar-refractivity contribution is 0.0698. The van der Waals surface area contributed by atoms with Crippen molar-refractivity contribution in [2.75, 3.05) is 24.3 Å². The van der Waals surface area contributed by atoms with Crippen molar-refractivity contribution in [3.63, 3.8) is 0 Å². The molecule has 21 heavy (non-hydrogen) atoms. The van der Waals surface area contributed by atoms with Crippen LogP contribution < -0.4 is 10.2 Å². The lowest BCUT2D eigenvalue weighted by Crippen LogP contribution is -2.16. The highest BCUT2D eigenvalue weighted by Crippen LogP contribution is 2.17. The van der Waals surface area contributed by atoms with Crippen molar-refractivity contribution in [1.29, 1.82) is 0 Å². The summed E-state index contributed by atoms with van der Waals surface area (Å²) in [5.41, 5.74) is 1.50. The molecule has 1 heterocycles. The summed E-state index contributed by atoms with van der Waals surface area (Å²) < 4.78 is 0. The SMILES string of the molecule is CN(C)c1cccc(C(=O)Nc2cnccc2C(=O)O)c1. The number of aromatic carboxylic acids is 1. The molecule has 0 radical (unpaired) electrons. The number of nitrogens with zero attached hydrogens (tertiary/aromatic N) is 2. The minimum Gasteiger partial charge on any atom is -0.478 e. The van der Waals surface area contributed by atoms with Gasteiger partial charge < -0.3 is 15.3 Å². The second-order valence-electron chi connectivity index (χ2n) is 4.63. The Bertz CT molecular complexity index is 683. The Morgan fingerprint density at radius 1 is 1.24 bits per heavy atom. The normalized spacial score (nSPS) is 10.0. The molecular formula is C15H15N3O3. The predicted octanol–water partition coefficient (Wildman–Crippen LogP) is 2.10. The first-order valence-corrected chi connectivity index (χ1v) is 6.25. The number of hydrogen-bond donors (Lipinski definition) is 2. The number of carboxylic acids is 1. The number of carbonyl (C=O) groups is 2. The second-order valence-corrected chi connectivity index (χ2v) is 4.63. The molecule has 108 valence electrons. The van der Waals surface area contributed by atoms with Crippen molar-refractivity contribution in [3.8, 4) is 0 Å². The van der Waals surface area contributed by atoms with Crippen molar-refractivity contribution in [3.05, 3.63) is 53.9 Å². The van der Waals surface area contributed by atoms with Crippen molar-refractivity contribution in [1.82, 2.24) is 4.98 Å². The van der Waals surface area contributed by atoms with Gasteiger partial charge in [0.05, 0.1) is 17.4 Å². The number of nitrogens with one attached hydrogen (secondary N) is 1. The Kier molecular flexibility index (Phi) is 4.18. The minimum absolute atomic E-state index is 0.00196. The van der Waals surface area contributed by atoms with Crippen LogP contribution in [0, 0.1) is 0 Å². The summed E-state index contributed by atoms with van der Waals surface area (Å²) in [6, 6.07) is 8.38. The highest BCUT2D eigenvalue weighted by atomic mass is 16.4. The lowest BCUT2D eigenvalue weighted by atomic mass is 10.1. The molecule has 0 saturated carbocycles. The minimum atomic E-state index is -1.12. The largest absolute Gasteiger partial charge is 0.478 e. The third kappa shape index (κ3) is 3.36. The monoisotopic (exact) mass is 285 g/mol. The summed E-state index contributed by atoms with van der Waals surface area (Å²) in [6.07, 6.45) is 2.68. The standard InChI is InChI=1S/C15H15N3O3/c1-18(2)11-5-3-4-10(8-11)14(19)17-13-9-16-7-6-12(13)15(20)21/h3-9H,1-2H3,(H,17,19)(H,20,21). The molecule has 6 nitrogen and oxygen atoms in total. The Morgan fingerprint density at radius 3 is 2.67 bits per heavy atom. The molecule has 0 spiro atoms. The van der Waals surface area contributed by atoms with E-state index in [0.717, 1.165) is 5.69 Å². The van der Waals surface area contributed by atoms with Gasteiger partial charge in [0, 0.05) is 31.5 Å². The van der Waals surface area contributed by atoms with Gasteiger partial charge in [0.15, 0.2) is 0 Å². The molecule has 1 aromatic carbocycles. The summed E-state index contributed by atoms with van der Waals surface area (Å²) >= 11 is 0. The summed E-state index contributed by atoms with van der Waals surface area (Å²) in [5, 5.41) is 11.7. The molecule has 1 aromatic heterocycles. The molecule has 0 bridgehead atoms. The van der Waals surface area contributed by atoms with Gasteiger partial charge >= 0.3 is 5.97 Å². The zero-order valence-electron chi connectivity index (χ0n) is 11.7. The van der Waals surface area contributed by atoms with Crippen LogP contribution in [0.1, 0.15) is 20.7 Å². The van der Waals surface area contributed by atoms with E-state index in [1.165, 1.54) is 18.5 Å². The molecule has 0 aliphatic rings. The highest BCUT2D eigenvalue weighted by Gasteiger charge is 2.13. The van der Waals surface area contributed by atoms with Crippen LogP contribution in [0.3, 0.4) is 0 Å². The number of amides is 1. The van der Waals surface area contributed by atoms with Crippen LogP contribution in [-0.4, -0.2) is 36.1 Å². The van der Waals surface area contributed by atoms with Crippen LogP contribution in [0.4, 0.5) is 11.4 Å². The van der Waals surface area contributed by atoms with E-state index in [0.29, 0.717) is 5.56 Å². The zero-order valence-corrected chi connectivity index (χ0v) is 11.7. The number of carbonyl (C=O) groups excluding carboxylic acids is 1. The van der Waals surface area contributed by atoms with Gasteiger partial charge in [-0.15, -0.1) is 0 Å². The summed E-state index contributed by atoms with van der Waals surface area (Å²) in [5.74, 6) is -1.50. The van der Waals surface area contributed by atoms with Crippen molar-refractivity contribution < 1.29 is 14.7 Å². The number of rotatable bonds is 4. The van der Waals surface area contributed by atoms with Gasteiger partial charge in [0.1, 0.15) is 0 Å². The molecule has 0 saturated heterocycles. The van der Waals surface area contributed by atoms with Gasteiger partial charge in [0.2, 0.25) is 0 Å². The van der Waals surface area contributed by atoms with Crippen LogP contribution in [-0.2, 0) is 0 Å². The van der Waals surface area contributed by atoms with Crippen molar-refractivity contribution in [2.45, 2.75) is 0 Å². The molecule has 2 aromatic rings. The Morgan fingerprint density at radius 2 is 2.00 bits per heavy atom. The molecule has 2 N–H and O–H groups in total. The first-order chi connectivity index (χ1) is 9.99. The van der Waals surface area contributed by atoms with E-state index < -0.39 is 5.97 Å². The van der Waals surface area contributed by atoms with Gasteiger partial charge in [-0.1, -0.05) is 6.07 Å². The number of aromatic nitrogens is 1. The molecular weight excluding hydrogens is 270 g/mol. The Labute approximate surface area is 122 Å². The maximum atomic E-state index is 12.2. The van der Waals surface area contributed by atoms with E-state index in [4.69, 9.17) is 5.11 Å². The number of carboxylic acid groups (broad SMARTS) is 1. The third-order valence-electron chi connectivity index (χ3n) is 2.92. The fourth-order valence-electron chi connectivity index (χ4n) is 1.80. The van der Waals surface area contributed by atoms with Crippen LogP contribution in [0.15, 0.2) is 42.7 Å². The second kappa shape index (κ2) is 6.04. The van der Waals surface area contributed by atoms with E-state index in [-0.39, 0.29) is 17.2 Å². The molecule has 0 atom stereocenters. The average Bonchev–Trinajstić information content (AvgIpc) is 2.47. The maximum Gasteiger partial charge on any atom is 0.337 e. The first-order valence-electron chi connectivity index (χ1n) is 6.25. The molecule has 0 aliphatic carbocycles. The van der Waals surface area contributed by atoms with Gasteiger partial charge in [-0.2, -0.15) is 0 Å². The summed E-state index contributed by atoms with van der Waals surface area (Å²) in [6.45, 7) is 0. The van der Waals surface area contributed by atoms with E-state index in [1.807, 2.05) is 25.1 Å². The van der Waals surface area contributed by atoms with Crippen LogP contribution in [0.25, 0.3) is 0 Å².